The van der Waals surface area contributed by atoms with Gasteiger partial charge in [0.15, 0.2) is 0 Å². The van der Waals surface area contributed by atoms with Crippen LogP contribution in [-0.4, -0.2) is 0 Å². The topological polar surface area (TPSA) is 26.0 Å². The fourth-order valence-electron chi connectivity index (χ4n) is 6.16. The zero-order valence-electron chi connectivity index (χ0n) is 15.5. The Morgan fingerprint density at radius 1 is 0.926 bits per heavy atom. The summed E-state index contributed by atoms with van der Waals surface area (Å²) in [6, 6.07) is 15.4. The molecule has 132 valence electrons. The highest BCUT2D eigenvalue weighted by Crippen LogP contribution is 2.66. The molecule has 0 saturated carbocycles. The van der Waals surface area contributed by atoms with Crippen LogP contribution in [0.4, 0.5) is 5.69 Å². The standard InChI is InChI=1S/C26H23N/c1-16-13-14-22-19(15-16)17-7-2-4-9-20(17)26(22)21-10-5-3-8-18(21)25-23(26)11-6-12-24(25)27/h2-14,16-17,20H,15,27H2,1H3. The van der Waals surface area contributed by atoms with Crippen molar-refractivity contribution in [3.8, 4) is 11.1 Å². The minimum absolute atomic E-state index is 0.112. The first-order valence-electron chi connectivity index (χ1n) is 9.98. The van der Waals surface area contributed by atoms with E-state index < -0.39 is 0 Å². The summed E-state index contributed by atoms with van der Waals surface area (Å²) in [6.07, 6.45) is 15.3. The molecule has 1 spiro atoms. The number of hydrogen-bond acceptors (Lipinski definition) is 1. The smallest absolute Gasteiger partial charge is 0.0535 e. The van der Waals surface area contributed by atoms with Crippen molar-refractivity contribution in [1.82, 2.24) is 0 Å². The zero-order chi connectivity index (χ0) is 18.2. The molecule has 4 aliphatic carbocycles. The first-order chi connectivity index (χ1) is 13.2. The van der Waals surface area contributed by atoms with Crippen molar-refractivity contribution in [3.05, 3.63) is 101 Å². The predicted octanol–water partition coefficient (Wildman–Crippen LogP) is 5.80. The molecule has 2 N–H and O–H groups in total. The van der Waals surface area contributed by atoms with E-state index in [-0.39, 0.29) is 5.41 Å². The Hall–Kier alpha value is -2.80. The zero-order valence-corrected chi connectivity index (χ0v) is 15.5. The van der Waals surface area contributed by atoms with Gasteiger partial charge in [-0.15, -0.1) is 0 Å². The van der Waals surface area contributed by atoms with Gasteiger partial charge in [-0.05, 0) is 40.7 Å². The maximum absolute atomic E-state index is 6.53. The molecule has 2 aromatic rings. The minimum atomic E-state index is -0.112. The molecule has 2 aromatic carbocycles. The van der Waals surface area contributed by atoms with E-state index >= 15 is 0 Å². The Morgan fingerprint density at radius 2 is 1.74 bits per heavy atom. The fourth-order valence-corrected chi connectivity index (χ4v) is 6.16. The van der Waals surface area contributed by atoms with Crippen LogP contribution >= 0.6 is 0 Å². The molecule has 0 fully saturated rings. The lowest BCUT2D eigenvalue weighted by Crippen LogP contribution is -2.34. The summed E-state index contributed by atoms with van der Waals surface area (Å²) in [5.74, 6) is 1.51. The largest absolute Gasteiger partial charge is 0.398 e. The van der Waals surface area contributed by atoms with Crippen LogP contribution in [0.1, 0.15) is 24.5 Å². The van der Waals surface area contributed by atoms with E-state index in [1.807, 2.05) is 6.07 Å². The molecule has 0 saturated heterocycles. The van der Waals surface area contributed by atoms with Crippen LogP contribution in [0.2, 0.25) is 0 Å². The molecule has 6 rings (SSSR count). The van der Waals surface area contributed by atoms with Gasteiger partial charge in [0.05, 0.1) is 5.41 Å². The van der Waals surface area contributed by atoms with E-state index in [2.05, 4.69) is 79.8 Å². The van der Waals surface area contributed by atoms with Crippen molar-refractivity contribution in [2.45, 2.75) is 18.8 Å². The van der Waals surface area contributed by atoms with Crippen molar-refractivity contribution >= 4 is 5.69 Å². The van der Waals surface area contributed by atoms with Crippen molar-refractivity contribution in [2.24, 2.45) is 17.8 Å². The second-order valence-electron chi connectivity index (χ2n) is 8.42. The van der Waals surface area contributed by atoms with Crippen LogP contribution in [0, 0.1) is 17.8 Å². The molecule has 1 nitrogen and oxygen atoms in total. The third-order valence-corrected chi connectivity index (χ3v) is 7.08. The Morgan fingerprint density at radius 3 is 2.67 bits per heavy atom. The molecule has 0 heterocycles. The maximum Gasteiger partial charge on any atom is 0.0535 e. The van der Waals surface area contributed by atoms with Gasteiger partial charge >= 0.3 is 0 Å². The summed E-state index contributed by atoms with van der Waals surface area (Å²) in [5.41, 5.74) is 15.8. The highest BCUT2D eigenvalue weighted by Gasteiger charge is 2.58. The average molecular weight is 349 g/mol. The van der Waals surface area contributed by atoms with Crippen LogP contribution in [0.3, 0.4) is 0 Å². The second-order valence-corrected chi connectivity index (χ2v) is 8.42. The summed E-state index contributed by atoms with van der Waals surface area (Å²) in [4.78, 5) is 0. The molecule has 4 aliphatic rings. The average Bonchev–Trinajstić information content (AvgIpc) is 3.16. The first-order valence-corrected chi connectivity index (χ1v) is 9.98. The molecular weight excluding hydrogens is 326 g/mol. The van der Waals surface area contributed by atoms with E-state index in [1.165, 1.54) is 27.8 Å². The number of allylic oxidation sites excluding steroid dienone is 8. The molecule has 0 aliphatic heterocycles. The van der Waals surface area contributed by atoms with Gasteiger partial charge in [-0.2, -0.15) is 0 Å². The normalized spacial score (nSPS) is 31.8. The first kappa shape index (κ1) is 15.3. The van der Waals surface area contributed by atoms with Crippen molar-refractivity contribution < 1.29 is 0 Å². The SMILES string of the molecule is CC1C=CC2=C(C1)C1C=CC=CC1C21c2ccccc2-c2c(N)cccc21. The Bertz CT molecular complexity index is 1100. The van der Waals surface area contributed by atoms with Gasteiger partial charge < -0.3 is 5.73 Å². The quantitative estimate of drug-likeness (QED) is 0.598. The van der Waals surface area contributed by atoms with Crippen LogP contribution in [0.15, 0.2) is 90.1 Å². The Labute approximate surface area is 160 Å². The molecule has 1 heteroatoms. The number of nitrogen functional groups attached to an aromatic ring is 1. The summed E-state index contributed by atoms with van der Waals surface area (Å²) < 4.78 is 0. The molecule has 4 unspecified atom stereocenters. The highest BCUT2D eigenvalue weighted by molar-refractivity contribution is 5.92. The van der Waals surface area contributed by atoms with Crippen LogP contribution < -0.4 is 5.73 Å². The lowest BCUT2D eigenvalue weighted by Gasteiger charge is -2.37. The van der Waals surface area contributed by atoms with Crippen molar-refractivity contribution in [3.63, 3.8) is 0 Å². The van der Waals surface area contributed by atoms with Gasteiger partial charge in [0.25, 0.3) is 0 Å². The van der Waals surface area contributed by atoms with E-state index in [9.17, 15) is 0 Å². The third kappa shape index (κ3) is 1.71. The molecule has 0 aromatic heterocycles. The summed E-state index contributed by atoms with van der Waals surface area (Å²) >= 11 is 0. The third-order valence-electron chi connectivity index (χ3n) is 7.08. The molecular formula is C26H23N. The van der Waals surface area contributed by atoms with Gasteiger partial charge in [-0.25, -0.2) is 0 Å². The lowest BCUT2D eigenvalue weighted by molar-refractivity contribution is 0.429. The molecule has 0 radical (unpaired) electrons. The Kier molecular flexibility index (Phi) is 2.90. The van der Waals surface area contributed by atoms with Gasteiger partial charge in [-0.3, -0.25) is 0 Å². The second kappa shape index (κ2) is 5.13. The number of rotatable bonds is 0. The molecule has 0 amide bonds. The number of hydrogen-bond donors (Lipinski definition) is 1. The molecule has 4 atom stereocenters. The predicted molar refractivity (Wildman–Crippen MR) is 112 cm³/mol. The Balaban J connectivity index is 1.76. The maximum atomic E-state index is 6.53. The fraction of sp³-hybridized carbons (Fsp3) is 0.231. The number of anilines is 1. The van der Waals surface area contributed by atoms with Gasteiger partial charge in [0, 0.05) is 23.1 Å². The van der Waals surface area contributed by atoms with Crippen LogP contribution in [-0.2, 0) is 5.41 Å². The summed E-state index contributed by atoms with van der Waals surface area (Å²) in [5, 5.41) is 0. The van der Waals surface area contributed by atoms with E-state index in [0.29, 0.717) is 17.8 Å². The minimum Gasteiger partial charge on any atom is -0.398 e. The van der Waals surface area contributed by atoms with Gasteiger partial charge in [0.1, 0.15) is 0 Å². The van der Waals surface area contributed by atoms with Crippen LogP contribution in [0.5, 0.6) is 0 Å². The molecule has 27 heavy (non-hydrogen) atoms. The molecule has 0 bridgehead atoms. The van der Waals surface area contributed by atoms with Crippen LogP contribution in [0.25, 0.3) is 11.1 Å². The van der Waals surface area contributed by atoms with Crippen molar-refractivity contribution in [1.29, 1.82) is 0 Å². The highest BCUT2D eigenvalue weighted by atomic mass is 14.6. The summed E-state index contributed by atoms with van der Waals surface area (Å²) in [7, 11) is 0. The number of benzene rings is 2. The number of nitrogens with two attached hydrogens (primary N) is 1. The number of fused-ring (bicyclic) bond motifs is 9. The van der Waals surface area contributed by atoms with Gasteiger partial charge in [-0.1, -0.05) is 85.4 Å². The monoisotopic (exact) mass is 349 g/mol. The van der Waals surface area contributed by atoms with E-state index in [4.69, 9.17) is 5.73 Å². The lowest BCUT2D eigenvalue weighted by atomic mass is 9.64. The van der Waals surface area contributed by atoms with E-state index in [0.717, 1.165) is 12.1 Å². The van der Waals surface area contributed by atoms with Crippen molar-refractivity contribution in [2.75, 3.05) is 5.73 Å². The summed E-state index contributed by atoms with van der Waals surface area (Å²) in [6.45, 7) is 2.33. The van der Waals surface area contributed by atoms with E-state index in [1.54, 1.807) is 5.57 Å². The van der Waals surface area contributed by atoms with Gasteiger partial charge in [0.2, 0.25) is 0 Å².